The lowest BCUT2D eigenvalue weighted by atomic mass is 10.2. The van der Waals surface area contributed by atoms with Gasteiger partial charge in [0, 0.05) is 19.2 Å². The van der Waals surface area contributed by atoms with Crippen molar-refractivity contribution in [2.45, 2.75) is 6.54 Å². The number of rotatable bonds is 5. The van der Waals surface area contributed by atoms with Crippen molar-refractivity contribution in [3.05, 3.63) is 69.2 Å². The topological polar surface area (TPSA) is 46.6 Å². The average molecular weight is 388 g/mol. The predicted octanol–water partition coefficient (Wildman–Crippen LogP) is 4.09. The van der Waals surface area contributed by atoms with Crippen molar-refractivity contribution in [1.29, 1.82) is 0 Å². The van der Waals surface area contributed by atoms with E-state index in [9.17, 15) is 18.4 Å². The third-order valence-electron chi connectivity index (χ3n) is 3.35. The van der Waals surface area contributed by atoms with Crippen molar-refractivity contribution < 1.29 is 23.1 Å². The summed E-state index contributed by atoms with van der Waals surface area (Å²) in [6, 6.07) is 7.92. The van der Waals surface area contributed by atoms with Crippen LogP contribution < -0.4 is 0 Å². The minimum atomic E-state index is -0.965. The summed E-state index contributed by atoms with van der Waals surface area (Å²) in [4.78, 5) is 25.1. The van der Waals surface area contributed by atoms with E-state index in [0.717, 1.165) is 12.1 Å². The molecule has 0 aliphatic carbocycles. The highest BCUT2D eigenvalue weighted by Gasteiger charge is 2.18. The molecule has 4 nitrogen and oxygen atoms in total. The number of amides is 1. The number of ether oxygens (including phenoxy) is 1. The molecule has 0 bridgehead atoms. The van der Waals surface area contributed by atoms with Crippen LogP contribution in [-0.4, -0.2) is 30.4 Å². The van der Waals surface area contributed by atoms with Gasteiger partial charge in [-0.25, -0.2) is 13.6 Å². The molecule has 1 amide bonds. The van der Waals surface area contributed by atoms with Crippen molar-refractivity contribution in [3.63, 3.8) is 0 Å². The number of halogens is 4. The Morgan fingerprint density at radius 1 is 1.08 bits per heavy atom. The van der Waals surface area contributed by atoms with Gasteiger partial charge in [0.2, 0.25) is 0 Å². The van der Waals surface area contributed by atoms with E-state index in [1.807, 2.05) is 0 Å². The van der Waals surface area contributed by atoms with Crippen LogP contribution in [0.25, 0.3) is 0 Å². The molecule has 2 aromatic carbocycles. The number of hydrogen-bond acceptors (Lipinski definition) is 3. The molecule has 0 spiro atoms. The molecule has 0 unspecified atom stereocenters. The Labute approximate surface area is 152 Å². The normalized spacial score (nSPS) is 10.4. The molecule has 25 heavy (non-hydrogen) atoms. The fourth-order valence-corrected chi connectivity index (χ4v) is 2.42. The van der Waals surface area contributed by atoms with Gasteiger partial charge < -0.3 is 9.64 Å². The van der Waals surface area contributed by atoms with Crippen LogP contribution in [0.15, 0.2) is 36.4 Å². The molecule has 0 radical (unpaired) electrons. The summed E-state index contributed by atoms with van der Waals surface area (Å²) < 4.78 is 31.8. The van der Waals surface area contributed by atoms with Gasteiger partial charge >= 0.3 is 5.97 Å². The second kappa shape index (κ2) is 8.27. The molecule has 0 saturated heterocycles. The lowest BCUT2D eigenvalue weighted by molar-refractivity contribution is -0.133. The van der Waals surface area contributed by atoms with Crippen molar-refractivity contribution in [3.8, 4) is 0 Å². The van der Waals surface area contributed by atoms with E-state index >= 15 is 0 Å². The lowest BCUT2D eigenvalue weighted by Crippen LogP contribution is -2.31. The molecule has 2 aromatic rings. The Balaban J connectivity index is 1.96. The molecular formula is C17H13Cl2F2NO3. The van der Waals surface area contributed by atoms with Crippen molar-refractivity contribution >= 4 is 35.1 Å². The SMILES string of the molecule is CN(Cc1ccccc1F)C(=O)COC(=O)c1cc(F)c(Cl)cc1Cl. The standard InChI is InChI=1S/C17H13Cl2F2NO3/c1-22(8-10-4-2-3-5-14(10)20)16(23)9-25-17(24)11-6-15(21)13(19)7-12(11)18/h2-7H,8-9H2,1H3. The molecule has 0 aliphatic heterocycles. The van der Waals surface area contributed by atoms with Crippen LogP contribution in [0.4, 0.5) is 8.78 Å². The largest absolute Gasteiger partial charge is 0.452 e. The zero-order valence-corrected chi connectivity index (χ0v) is 14.6. The Morgan fingerprint density at radius 2 is 1.76 bits per heavy atom. The number of carbonyl (C=O) groups is 2. The third-order valence-corrected chi connectivity index (χ3v) is 3.95. The van der Waals surface area contributed by atoms with Crippen LogP contribution in [0.2, 0.25) is 10.0 Å². The summed E-state index contributed by atoms with van der Waals surface area (Å²) >= 11 is 11.4. The quantitative estimate of drug-likeness (QED) is 0.573. The van der Waals surface area contributed by atoms with Gasteiger partial charge in [-0.1, -0.05) is 41.4 Å². The van der Waals surface area contributed by atoms with Gasteiger partial charge in [-0.05, 0) is 18.2 Å². The van der Waals surface area contributed by atoms with Crippen molar-refractivity contribution in [2.75, 3.05) is 13.7 Å². The summed E-state index contributed by atoms with van der Waals surface area (Å²) in [7, 11) is 1.44. The highest BCUT2D eigenvalue weighted by molar-refractivity contribution is 6.36. The predicted molar refractivity (Wildman–Crippen MR) is 89.6 cm³/mol. The van der Waals surface area contributed by atoms with Gasteiger partial charge in [0.05, 0.1) is 15.6 Å². The van der Waals surface area contributed by atoms with Gasteiger partial charge in [0.1, 0.15) is 11.6 Å². The first-order valence-electron chi connectivity index (χ1n) is 7.08. The Bertz CT molecular complexity index is 814. The third kappa shape index (κ3) is 4.90. The number of nitrogens with zero attached hydrogens (tertiary/aromatic N) is 1. The Morgan fingerprint density at radius 3 is 2.44 bits per heavy atom. The first kappa shape index (κ1) is 19.1. The fraction of sp³-hybridized carbons (Fsp3) is 0.176. The molecule has 132 valence electrons. The highest BCUT2D eigenvalue weighted by Crippen LogP contribution is 2.24. The maximum Gasteiger partial charge on any atom is 0.340 e. The van der Waals surface area contributed by atoms with E-state index in [0.29, 0.717) is 5.56 Å². The zero-order chi connectivity index (χ0) is 18.6. The number of benzene rings is 2. The molecule has 2 rings (SSSR count). The molecule has 0 aromatic heterocycles. The maximum absolute atomic E-state index is 13.6. The van der Waals surface area contributed by atoms with Crippen molar-refractivity contribution in [2.24, 2.45) is 0 Å². The molecule has 0 fully saturated rings. The minimum absolute atomic E-state index is 0.0133. The molecule has 0 saturated carbocycles. The van der Waals surface area contributed by atoms with E-state index in [2.05, 4.69) is 0 Å². The maximum atomic E-state index is 13.6. The van der Waals surface area contributed by atoms with Crippen LogP contribution in [-0.2, 0) is 16.1 Å². The lowest BCUT2D eigenvalue weighted by Gasteiger charge is -2.17. The molecule has 0 N–H and O–H groups in total. The average Bonchev–Trinajstić information content (AvgIpc) is 2.57. The number of hydrogen-bond donors (Lipinski definition) is 0. The summed E-state index contributed by atoms with van der Waals surface area (Å²) in [6.07, 6.45) is 0. The monoisotopic (exact) mass is 387 g/mol. The van der Waals surface area contributed by atoms with Crippen molar-refractivity contribution in [1.82, 2.24) is 4.90 Å². The first-order valence-corrected chi connectivity index (χ1v) is 7.84. The molecular weight excluding hydrogens is 375 g/mol. The van der Waals surface area contributed by atoms with Crippen LogP contribution in [0.3, 0.4) is 0 Å². The molecule has 0 heterocycles. The van der Waals surface area contributed by atoms with Crippen LogP contribution in [0, 0.1) is 11.6 Å². The van der Waals surface area contributed by atoms with Crippen LogP contribution in [0.5, 0.6) is 0 Å². The second-order valence-electron chi connectivity index (χ2n) is 5.16. The summed E-state index contributed by atoms with van der Waals surface area (Å²) in [5.41, 5.74) is 0.0839. The summed E-state index contributed by atoms with van der Waals surface area (Å²) in [6.45, 7) is -0.580. The fourth-order valence-electron chi connectivity index (χ4n) is 1.96. The Hall–Kier alpha value is -2.18. The molecule has 0 atom stereocenters. The first-order chi connectivity index (χ1) is 11.8. The van der Waals surface area contributed by atoms with Gasteiger partial charge in [-0.3, -0.25) is 4.79 Å². The molecule has 0 aliphatic rings. The van der Waals surface area contributed by atoms with Crippen LogP contribution in [0.1, 0.15) is 15.9 Å². The van der Waals surface area contributed by atoms with Gasteiger partial charge in [0.25, 0.3) is 5.91 Å². The van der Waals surface area contributed by atoms with E-state index in [1.165, 1.54) is 24.1 Å². The van der Waals surface area contributed by atoms with E-state index in [1.54, 1.807) is 12.1 Å². The second-order valence-corrected chi connectivity index (χ2v) is 5.98. The van der Waals surface area contributed by atoms with Gasteiger partial charge in [-0.2, -0.15) is 0 Å². The number of carbonyl (C=O) groups excluding carboxylic acids is 2. The van der Waals surface area contributed by atoms with Gasteiger partial charge in [0.15, 0.2) is 6.61 Å². The van der Waals surface area contributed by atoms with Gasteiger partial charge in [-0.15, -0.1) is 0 Å². The smallest absolute Gasteiger partial charge is 0.340 e. The highest BCUT2D eigenvalue weighted by atomic mass is 35.5. The van der Waals surface area contributed by atoms with E-state index in [4.69, 9.17) is 27.9 Å². The summed E-state index contributed by atoms with van der Waals surface area (Å²) in [5, 5.41) is -0.328. The summed E-state index contributed by atoms with van der Waals surface area (Å²) in [5.74, 6) is -2.79. The number of likely N-dealkylation sites (N-methyl/N-ethyl adjacent to an activating group) is 1. The van der Waals surface area contributed by atoms with Crippen LogP contribution >= 0.6 is 23.2 Å². The van der Waals surface area contributed by atoms with E-state index in [-0.39, 0.29) is 22.2 Å². The zero-order valence-electron chi connectivity index (χ0n) is 13.1. The Kier molecular flexibility index (Phi) is 6.33. The minimum Gasteiger partial charge on any atom is -0.452 e. The number of esters is 1. The van der Waals surface area contributed by atoms with E-state index < -0.39 is 30.1 Å². The molecule has 8 heteroatoms.